The van der Waals surface area contributed by atoms with Crippen LogP contribution in [-0.2, 0) is 7.05 Å². The molecule has 0 aliphatic carbocycles. The minimum atomic E-state index is -0.180. The fraction of sp³-hybridized carbons (Fsp3) is 0.240. The third-order valence-electron chi connectivity index (χ3n) is 6.13. The van der Waals surface area contributed by atoms with Gasteiger partial charge in [-0.15, -0.1) is 0 Å². The molecule has 9 heteroatoms. The average Bonchev–Trinajstić information content (AvgIpc) is 2.83. The van der Waals surface area contributed by atoms with E-state index in [1.165, 1.54) is 5.69 Å². The van der Waals surface area contributed by atoms with Gasteiger partial charge < -0.3 is 19.7 Å². The average molecular weight is 495 g/mol. The van der Waals surface area contributed by atoms with Crippen LogP contribution in [0.4, 0.5) is 17.3 Å². The number of hydrogen-bond acceptors (Lipinski definition) is 6. The molecule has 2 aromatic heterocycles. The maximum absolute atomic E-state index is 13.2. The Kier molecular flexibility index (Phi) is 6.16. The number of rotatable bonds is 4. The van der Waals surface area contributed by atoms with Gasteiger partial charge in [0.1, 0.15) is 5.65 Å². The van der Waals surface area contributed by atoms with Gasteiger partial charge in [0.05, 0.1) is 10.4 Å². The number of aryl methyl sites for hydroxylation is 1. The highest BCUT2D eigenvalue weighted by molar-refractivity contribution is 6.36. The summed E-state index contributed by atoms with van der Waals surface area (Å²) in [4.78, 5) is 26.9. The number of nitrogens with one attached hydrogen (secondary N) is 1. The van der Waals surface area contributed by atoms with E-state index >= 15 is 0 Å². The van der Waals surface area contributed by atoms with Crippen LogP contribution < -0.4 is 15.6 Å². The molecule has 1 saturated heterocycles. The molecule has 2 aromatic carbocycles. The highest BCUT2D eigenvalue weighted by atomic mass is 35.5. The fourth-order valence-corrected chi connectivity index (χ4v) is 4.68. The van der Waals surface area contributed by atoms with E-state index in [1.54, 1.807) is 35.2 Å². The number of nitrogens with zero attached hydrogens (tertiary/aromatic N) is 5. The van der Waals surface area contributed by atoms with E-state index in [4.69, 9.17) is 23.2 Å². The molecule has 0 radical (unpaired) electrons. The molecule has 1 aliphatic rings. The number of hydrogen-bond donors (Lipinski definition) is 1. The Morgan fingerprint density at radius 2 is 1.68 bits per heavy atom. The lowest BCUT2D eigenvalue weighted by Crippen LogP contribution is -2.44. The Labute approximate surface area is 207 Å². The highest BCUT2D eigenvalue weighted by Gasteiger charge is 2.16. The second kappa shape index (κ2) is 9.25. The molecule has 0 saturated carbocycles. The molecule has 1 fully saturated rings. The van der Waals surface area contributed by atoms with Crippen LogP contribution >= 0.6 is 23.2 Å². The van der Waals surface area contributed by atoms with Crippen molar-refractivity contribution in [2.24, 2.45) is 7.05 Å². The number of likely N-dealkylation sites (N-methyl/N-ethyl adjacent to an activating group) is 1. The van der Waals surface area contributed by atoms with Crippen molar-refractivity contribution in [1.29, 1.82) is 0 Å². The molecule has 34 heavy (non-hydrogen) atoms. The van der Waals surface area contributed by atoms with Crippen molar-refractivity contribution >= 4 is 51.6 Å². The summed E-state index contributed by atoms with van der Waals surface area (Å²) in [5, 5.41) is 4.60. The fourth-order valence-electron chi connectivity index (χ4n) is 4.17. The maximum Gasteiger partial charge on any atom is 0.229 e. The van der Waals surface area contributed by atoms with Crippen LogP contribution in [0.1, 0.15) is 0 Å². The van der Waals surface area contributed by atoms with E-state index in [9.17, 15) is 4.79 Å². The Hall–Kier alpha value is -3.13. The van der Waals surface area contributed by atoms with Crippen molar-refractivity contribution in [3.05, 3.63) is 75.1 Å². The Bertz CT molecular complexity index is 1410. The zero-order valence-electron chi connectivity index (χ0n) is 18.9. The Balaban J connectivity index is 1.41. The lowest BCUT2D eigenvalue weighted by molar-refractivity contribution is 0.313. The van der Waals surface area contributed by atoms with E-state index < -0.39 is 0 Å². The lowest BCUT2D eigenvalue weighted by Gasteiger charge is -2.34. The second-order valence-electron chi connectivity index (χ2n) is 8.50. The molecule has 174 valence electrons. The summed E-state index contributed by atoms with van der Waals surface area (Å²) >= 11 is 12.4. The minimum absolute atomic E-state index is 0.180. The number of benzene rings is 2. The highest BCUT2D eigenvalue weighted by Crippen LogP contribution is 2.29. The predicted octanol–water partition coefficient (Wildman–Crippen LogP) is 4.80. The van der Waals surface area contributed by atoms with Crippen molar-refractivity contribution in [3.8, 4) is 11.1 Å². The van der Waals surface area contributed by atoms with Gasteiger partial charge in [-0.05, 0) is 43.4 Å². The minimum Gasteiger partial charge on any atom is -0.369 e. The molecule has 0 amide bonds. The molecule has 0 unspecified atom stereocenters. The lowest BCUT2D eigenvalue weighted by atomic mass is 10.1. The first kappa shape index (κ1) is 22.7. The molecule has 5 rings (SSSR count). The monoisotopic (exact) mass is 494 g/mol. The van der Waals surface area contributed by atoms with Gasteiger partial charge in [0.25, 0.3) is 0 Å². The van der Waals surface area contributed by atoms with E-state index in [0.29, 0.717) is 38.2 Å². The number of anilines is 3. The van der Waals surface area contributed by atoms with Gasteiger partial charge in [-0.1, -0.05) is 29.3 Å². The van der Waals surface area contributed by atoms with Crippen LogP contribution in [-0.4, -0.2) is 52.7 Å². The molecule has 0 bridgehead atoms. The van der Waals surface area contributed by atoms with Gasteiger partial charge in [0, 0.05) is 73.1 Å². The van der Waals surface area contributed by atoms with Crippen molar-refractivity contribution in [2.45, 2.75) is 0 Å². The van der Waals surface area contributed by atoms with Crippen molar-refractivity contribution < 1.29 is 0 Å². The normalized spacial score (nSPS) is 14.5. The van der Waals surface area contributed by atoms with E-state index in [0.717, 1.165) is 31.9 Å². The number of pyridine rings is 1. The molecule has 7 nitrogen and oxygen atoms in total. The number of aromatic nitrogens is 3. The Morgan fingerprint density at radius 3 is 2.38 bits per heavy atom. The van der Waals surface area contributed by atoms with Gasteiger partial charge >= 0.3 is 0 Å². The summed E-state index contributed by atoms with van der Waals surface area (Å²) in [5.41, 5.74) is 3.53. The van der Waals surface area contributed by atoms with E-state index in [-0.39, 0.29) is 5.43 Å². The number of fused-ring (bicyclic) bond motifs is 1. The van der Waals surface area contributed by atoms with Crippen molar-refractivity contribution in [3.63, 3.8) is 0 Å². The van der Waals surface area contributed by atoms with Gasteiger partial charge in [0.15, 0.2) is 5.43 Å². The first-order valence-electron chi connectivity index (χ1n) is 11.0. The standard InChI is InChI=1S/C25H24Cl2N6O/c1-31-9-11-33(12-10-31)18-6-4-17(5-7-18)29-25-28-14-20-23(34)21(15-32(2)24(20)30-25)19-8-3-16(26)13-22(19)27/h3-8,13-15H,9-12H2,1-2H3,(H,28,29,30). The molecular formula is C25H24Cl2N6O. The van der Waals surface area contributed by atoms with E-state index in [1.807, 2.05) is 19.2 Å². The molecule has 1 N–H and O–H groups in total. The third kappa shape index (κ3) is 4.46. The summed E-state index contributed by atoms with van der Waals surface area (Å²) in [6, 6.07) is 13.3. The second-order valence-corrected chi connectivity index (χ2v) is 9.34. The zero-order chi connectivity index (χ0) is 23.8. The molecule has 3 heterocycles. The van der Waals surface area contributed by atoms with Gasteiger partial charge in [-0.2, -0.15) is 4.98 Å². The predicted molar refractivity (Wildman–Crippen MR) is 140 cm³/mol. The smallest absolute Gasteiger partial charge is 0.229 e. The Morgan fingerprint density at radius 1 is 0.941 bits per heavy atom. The summed E-state index contributed by atoms with van der Waals surface area (Å²) in [7, 11) is 3.99. The van der Waals surface area contributed by atoms with E-state index in [2.05, 4.69) is 44.3 Å². The van der Waals surface area contributed by atoms with Crippen LogP contribution in [0.5, 0.6) is 0 Å². The maximum atomic E-state index is 13.2. The summed E-state index contributed by atoms with van der Waals surface area (Å²) in [6.45, 7) is 4.17. The van der Waals surface area contributed by atoms with Crippen LogP contribution in [0.15, 0.2) is 59.7 Å². The van der Waals surface area contributed by atoms with Gasteiger partial charge in [-0.3, -0.25) is 4.79 Å². The van der Waals surface area contributed by atoms with Gasteiger partial charge in [-0.25, -0.2) is 4.98 Å². The number of piperazine rings is 1. The number of halogens is 2. The molecule has 4 aromatic rings. The summed E-state index contributed by atoms with van der Waals surface area (Å²) in [5.74, 6) is 0.423. The molecule has 0 spiro atoms. The first-order valence-corrected chi connectivity index (χ1v) is 11.8. The topological polar surface area (TPSA) is 66.3 Å². The van der Waals surface area contributed by atoms with Crippen LogP contribution in [0, 0.1) is 0 Å². The largest absolute Gasteiger partial charge is 0.369 e. The first-order chi connectivity index (χ1) is 16.4. The molecule has 1 aliphatic heterocycles. The van der Waals surface area contributed by atoms with Crippen molar-refractivity contribution in [2.75, 3.05) is 43.4 Å². The van der Waals surface area contributed by atoms with Crippen LogP contribution in [0.25, 0.3) is 22.2 Å². The summed E-state index contributed by atoms with van der Waals surface area (Å²) < 4.78 is 1.81. The quantitative estimate of drug-likeness (QED) is 0.439. The SMILES string of the molecule is CN1CCN(c2ccc(Nc3ncc4c(=O)c(-c5ccc(Cl)cc5Cl)cn(C)c4n3)cc2)CC1. The summed E-state index contributed by atoms with van der Waals surface area (Å²) in [6.07, 6.45) is 3.29. The van der Waals surface area contributed by atoms with Crippen LogP contribution in [0.2, 0.25) is 10.0 Å². The zero-order valence-corrected chi connectivity index (χ0v) is 20.4. The molecular weight excluding hydrogens is 471 g/mol. The third-order valence-corrected chi connectivity index (χ3v) is 6.68. The van der Waals surface area contributed by atoms with Gasteiger partial charge in [0.2, 0.25) is 5.95 Å². The molecule has 0 atom stereocenters. The van der Waals surface area contributed by atoms with Crippen LogP contribution in [0.3, 0.4) is 0 Å². The van der Waals surface area contributed by atoms with Crippen molar-refractivity contribution in [1.82, 2.24) is 19.4 Å².